The van der Waals surface area contributed by atoms with Crippen LogP contribution in [0, 0.1) is 0 Å². The van der Waals surface area contributed by atoms with Gasteiger partial charge in [-0.2, -0.15) is 0 Å². The third-order valence-electron chi connectivity index (χ3n) is 5.55. The first-order chi connectivity index (χ1) is 16.1. The van der Waals surface area contributed by atoms with Crippen LogP contribution in [0.5, 0.6) is 0 Å². The van der Waals surface area contributed by atoms with Crippen LogP contribution in [0.15, 0.2) is 12.2 Å². The zero-order valence-corrected chi connectivity index (χ0v) is 21.6. The number of aliphatic hydroxyl groups excluding tert-OH is 3. The Kier molecular flexibility index (Phi) is 32.2. The SMILES string of the molecule is CCCCCCCC/C=C\CCCCCCCC(=O)O.OCCCN(CCCO)CCCO. The smallest absolute Gasteiger partial charge is 0.303 e. The van der Waals surface area contributed by atoms with E-state index in [1.165, 1.54) is 70.6 Å². The second-order valence-electron chi connectivity index (χ2n) is 8.80. The van der Waals surface area contributed by atoms with Gasteiger partial charge in [-0.15, -0.1) is 0 Å². The van der Waals surface area contributed by atoms with Gasteiger partial charge in [-0.25, -0.2) is 0 Å². The van der Waals surface area contributed by atoms with Crippen molar-refractivity contribution in [2.45, 2.75) is 116 Å². The Hall–Kier alpha value is -0.950. The highest BCUT2D eigenvalue weighted by Crippen LogP contribution is 2.09. The fraction of sp³-hybridized carbons (Fsp3) is 0.889. The first kappa shape index (κ1) is 34.2. The lowest BCUT2D eigenvalue weighted by Crippen LogP contribution is -2.28. The number of hydrogen-bond donors (Lipinski definition) is 4. The highest BCUT2D eigenvalue weighted by Gasteiger charge is 2.02. The van der Waals surface area contributed by atoms with Gasteiger partial charge in [0, 0.05) is 45.9 Å². The lowest BCUT2D eigenvalue weighted by atomic mass is 10.1. The van der Waals surface area contributed by atoms with Gasteiger partial charge in [0.05, 0.1) is 0 Å². The molecule has 0 atom stereocenters. The molecule has 0 aromatic carbocycles. The molecule has 0 fully saturated rings. The Bertz CT molecular complexity index is 385. The minimum absolute atomic E-state index is 0.203. The molecular formula is C27H55NO5. The molecule has 6 heteroatoms. The summed E-state index contributed by atoms with van der Waals surface area (Å²) >= 11 is 0. The highest BCUT2D eigenvalue weighted by molar-refractivity contribution is 5.66. The predicted molar refractivity (Wildman–Crippen MR) is 139 cm³/mol. The highest BCUT2D eigenvalue weighted by atomic mass is 16.4. The summed E-state index contributed by atoms with van der Waals surface area (Å²) in [5, 5.41) is 34.4. The first-order valence-electron chi connectivity index (χ1n) is 13.5. The summed E-state index contributed by atoms with van der Waals surface area (Å²) in [6.07, 6.45) is 23.5. The summed E-state index contributed by atoms with van der Waals surface area (Å²) in [6, 6.07) is 0. The summed E-state index contributed by atoms with van der Waals surface area (Å²) < 4.78 is 0. The molecule has 0 radical (unpaired) electrons. The molecule has 0 saturated carbocycles. The number of aliphatic carboxylic acids is 1. The normalized spacial score (nSPS) is 11.2. The summed E-state index contributed by atoms with van der Waals surface area (Å²) in [5.74, 6) is -0.664. The largest absolute Gasteiger partial charge is 0.481 e. The predicted octanol–water partition coefficient (Wildman–Crippen LogP) is 5.54. The fourth-order valence-electron chi connectivity index (χ4n) is 3.57. The zero-order chi connectivity index (χ0) is 24.8. The Labute approximate surface area is 204 Å². The third kappa shape index (κ3) is 33.3. The van der Waals surface area contributed by atoms with Crippen LogP contribution in [-0.4, -0.2) is 70.8 Å². The van der Waals surface area contributed by atoms with Crippen molar-refractivity contribution >= 4 is 5.97 Å². The van der Waals surface area contributed by atoms with Crippen molar-refractivity contribution in [3.05, 3.63) is 12.2 Å². The number of carbonyl (C=O) groups is 1. The van der Waals surface area contributed by atoms with Crippen LogP contribution < -0.4 is 0 Å². The van der Waals surface area contributed by atoms with Crippen molar-refractivity contribution in [2.75, 3.05) is 39.5 Å². The van der Waals surface area contributed by atoms with Crippen LogP contribution in [-0.2, 0) is 4.79 Å². The van der Waals surface area contributed by atoms with Crippen molar-refractivity contribution in [1.82, 2.24) is 4.90 Å². The van der Waals surface area contributed by atoms with Gasteiger partial charge in [-0.05, 0) is 51.4 Å². The Balaban J connectivity index is 0. The van der Waals surface area contributed by atoms with Crippen molar-refractivity contribution in [2.24, 2.45) is 0 Å². The Morgan fingerprint density at radius 1 is 0.606 bits per heavy atom. The van der Waals surface area contributed by atoms with E-state index in [1.54, 1.807) is 0 Å². The van der Waals surface area contributed by atoms with Gasteiger partial charge in [-0.3, -0.25) is 4.79 Å². The van der Waals surface area contributed by atoms with E-state index in [1.807, 2.05) is 0 Å². The molecule has 0 bridgehead atoms. The van der Waals surface area contributed by atoms with Gasteiger partial charge >= 0.3 is 5.97 Å². The van der Waals surface area contributed by atoms with Crippen molar-refractivity contribution in [1.29, 1.82) is 0 Å². The lowest BCUT2D eigenvalue weighted by molar-refractivity contribution is -0.137. The van der Waals surface area contributed by atoms with Gasteiger partial charge in [0.1, 0.15) is 0 Å². The molecule has 0 amide bonds. The van der Waals surface area contributed by atoms with Gasteiger partial charge in [0.2, 0.25) is 0 Å². The minimum Gasteiger partial charge on any atom is -0.481 e. The topological polar surface area (TPSA) is 101 Å². The number of aliphatic hydroxyl groups is 3. The van der Waals surface area contributed by atoms with Crippen LogP contribution in [0.3, 0.4) is 0 Å². The van der Waals surface area contributed by atoms with E-state index < -0.39 is 5.97 Å². The van der Waals surface area contributed by atoms with E-state index >= 15 is 0 Å². The van der Waals surface area contributed by atoms with Crippen LogP contribution in [0.1, 0.15) is 116 Å². The molecule has 0 aliphatic carbocycles. The molecule has 0 unspecified atom stereocenters. The van der Waals surface area contributed by atoms with E-state index in [0.717, 1.165) is 51.7 Å². The molecule has 0 heterocycles. The van der Waals surface area contributed by atoms with Crippen LogP contribution in [0.4, 0.5) is 0 Å². The monoisotopic (exact) mass is 473 g/mol. The molecule has 0 spiro atoms. The number of unbranched alkanes of at least 4 members (excludes halogenated alkanes) is 11. The number of hydrogen-bond acceptors (Lipinski definition) is 5. The number of allylic oxidation sites excluding steroid dienone is 2. The quantitative estimate of drug-likeness (QED) is 0.108. The van der Waals surface area contributed by atoms with Crippen LogP contribution in [0.2, 0.25) is 0 Å². The molecule has 6 nitrogen and oxygen atoms in total. The van der Waals surface area contributed by atoms with Gasteiger partial charge < -0.3 is 25.3 Å². The molecular weight excluding hydrogens is 418 g/mol. The van der Waals surface area contributed by atoms with Crippen molar-refractivity contribution < 1.29 is 25.2 Å². The second kappa shape index (κ2) is 31.0. The van der Waals surface area contributed by atoms with Crippen LogP contribution in [0.25, 0.3) is 0 Å². The molecule has 0 aromatic rings. The van der Waals surface area contributed by atoms with Crippen molar-refractivity contribution in [3.8, 4) is 0 Å². The second-order valence-corrected chi connectivity index (χ2v) is 8.80. The molecule has 0 saturated heterocycles. The van der Waals surface area contributed by atoms with Gasteiger partial charge in [0.25, 0.3) is 0 Å². The minimum atomic E-state index is -0.664. The average molecular weight is 474 g/mol. The summed E-state index contributed by atoms with van der Waals surface area (Å²) in [7, 11) is 0. The Morgan fingerprint density at radius 2 is 1.00 bits per heavy atom. The Morgan fingerprint density at radius 3 is 1.39 bits per heavy atom. The maximum atomic E-state index is 10.3. The molecule has 0 aliphatic rings. The average Bonchev–Trinajstić information content (AvgIpc) is 2.81. The number of nitrogens with zero attached hydrogens (tertiary/aromatic N) is 1. The number of carboxylic acid groups (broad SMARTS) is 1. The fourth-order valence-corrected chi connectivity index (χ4v) is 3.57. The van der Waals surface area contributed by atoms with Gasteiger partial charge in [0.15, 0.2) is 0 Å². The van der Waals surface area contributed by atoms with E-state index in [-0.39, 0.29) is 19.8 Å². The first-order valence-corrected chi connectivity index (χ1v) is 13.5. The lowest BCUT2D eigenvalue weighted by Gasteiger charge is -2.20. The maximum Gasteiger partial charge on any atom is 0.303 e. The maximum absolute atomic E-state index is 10.3. The molecule has 198 valence electrons. The molecule has 0 aromatic heterocycles. The third-order valence-corrected chi connectivity index (χ3v) is 5.55. The molecule has 4 N–H and O–H groups in total. The number of rotatable bonds is 24. The van der Waals surface area contributed by atoms with Crippen LogP contribution >= 0.6 is 0 Å². The summed E-state index contributed by atoms with van der Waals surface area (Å²) in [6.45, 7) is 5.40. The van der Waals surface area contributed by atoms with Gasteiger partial charge in [-0.1, -0.05) is 70.4 Å². The van der Waals surface area contributed by atoms with E-state index in [2.05, 4.69) is 24.0 Å². The van der Waals surface area contributed by atoms with E-state index in [0.29, 0.717) is 6.42 Å². The number of carboxylic acids is 1. The zero-order valence-electron chi connectivity index (χ0n) is 21.6. The van der Waals surface area contributed by atoms with E-state index in [9.17, 15) is 4.79 Å². The molecule has 0 aliphatic heterocycles. The summed E-state index contributed by atoms with van der Waals surface area (Å²) in [4.78, 5) is 12.5. The van der Waals surface area contributed by atoms with E-state index in [4.69, 9.17) is 20.4 Å². The van der Waals surface area contributed by atoms with Crippen molar-refractivity contribution in [3.63, 3.8) is 0 Å². The molecule has 33 heavy (non-hydrogen) atoms. The summed E-state index contributed by atoms with van der Waals surface area (Å²) in [5.41, 5.74) is 0. The molecule has 0 rings (SSSR count). The standard InChI is InChI=1S/C18H34O2.C9H21NO3/c1-2-3-4-5-6-7-8-9-10-11-12-13-14-15-16-17-18(19)20;11-7-1-4-10(5-2-8-12)6-3-9-13/h9-10H,2-8,11-17H2,1H3,(H,19,20);11-13H,1-9H2/b10-9-;.